The fourth-order valence-corrected chi connectivity index (χ4v) is 10.9. The molecule has 10 heteroatoms. The number of amides is 2. The van der Waals surface area contributed by atoms with Crippen molar-refractivity contribution in [3.05, 3.63) is 103 Å². The normalized spacial score (nSPS) is 28.5. The van der Waals surface area contributed by atoms with Gasteiger partial charge in [-0.3, -0.25) is 19.3 Å². The number of aromatic amines is 1. The molecule has 2 saturated carbocycles. The van der Waals surface area contributed by atoms with E-state index in [0.717, 1.165) is 33.2 Å². The van der Waals surface area contributed by atoms with Gasteiger partial charge < -0.3 is 14.5 Å². The van der Waals surface area contributed by atoms with Gasteiger partial charge in [0.1, 0.15) is 18.1 Å². The molecule has 1 N–H and O–H groups in total. The first kappa shape index (κ1) is 27.0. The maximum Gasteiger partial charge on any atom is 0.305 e. The summed E-state index contributed by atoms with van der Waals surface area (Å²) in [7, 11) is 1.59. The summed E-state index contributed by atoms with van der Waals surface area (Å²) in [5.74, 6) is 0.788. The molecule has 2 aliphatic carbocycles. The third-order valence-corrected chi connectivity index (χ3v) is 12.5. The molecule has 218 valence electrons. The van der Waals surface area contributed by atoms with E-state index in [9.17, 15) is 14.4 Å². The molecule has 3 fully saturated rings. The van der Waals surface area contributed by atoms with Crippen LogP contribution in [0.1, 0.15) is 28.3 Å². The molecule has 1 aromatic heterocycles. The second-order valence-corrected chi connectivity index (χ2v) is 14.3. The van der Waals surface area contributed by atoms with Crippen molar-refractivity contribution in [3.63, 3.8) is 0 Å². The van der Waals surface area contributed by atoms with Crippen molar-refractivity contribution in [3.8, 4) is 11.5 Å². The van der Waals surface area contributed by atoms with Gasteiger partial charge in [0, 0.05) is 21.1 Å². The molecule has 2 amide bonds. The van der Waals surface area contributed by atoms with Crippen molar-refractivity contribution >= 4 is 52.2 Å². The van der Waals surface area contributed by atoms with Gasteiger partial charge in [-0.15, -0.1) is 11.8 Å². The van der Waals surface area contributed by atoms with Gasteiger partial charge in [-0.2, -0.15) is 0 Å². The Hall–Kier alpha value is -3.53. The third kappa shape index (κ3) is 4.27. The van der Waals surface area contributed by atoms with Crippen LogP contribution in [0.4, 0.5) is 5.69 Å². The fourth-order valence-electron chi connectivity index (χ4n) is 7.89. The van der Waals surface area contributed by atoms with Crippen LogP contribution in [-0.2, 0) is 16.2 Å². The van der Waals surface area contributed by atoms with Gasteiger partial charge in [0.25, 0.3) is 0 Å². The summed E-state index contributed by atoms with van der Waals surface area (Å²) in [5, 5.41) is 1.73. The summed E-state index contributed by atoms with van der Waals surface area (Å²) < 4.78 is 11.3. The predicted octanol–water partition coefficient (Wildman–Crippen LogP) is 6.36. The van der Waals surface area contributed by atoms with Crippen LogP contribution in [0.3, 0.4) is 0 Å². The monoisotopic (exact) mass is 630 g/mol. The number of fused-ring (bicyclic) bond motifs is 9. The number of aromatic nitrogens is 1. The first-order valence-corrected chi connectivity index (χ1v) is 16.4. The maximum atomic E-state index is 14.0. The van der Waals surface area contributed by atoms with E-state index in [1.807, 2.05) is 36.4 Å². The molecule has 0 spiro atoms. The molecule has 7 nitrogen and oxygen atoms in total. The van der Waals surface area contributed by atoms with Crippen molar-refractivity contribution in [2.45, 2.75) is 29.2 Å². The molecule has 3 aromatic carbocycles. The smallest absolute Gasteiger partial charge is 0.305 e. The van der Waals surface area contributed by atoms with Gasteiger partial charge >= 0.3 is 4.87 Å². The van der Waals surface area contributed by atoms with Crippen LogP contribution in [-0.4, -0.2) is 29.2 Å². The van der Waals surface area contributed by atoms with E-state index >= 15 is 0 Å². The first-order chi connectivity index (χ1) is 20.9. The molecule has 4 aromatic rings. The van der Waals surface area contributed by atoms with Crippen molar-refractivity contribution in [1.29, 1.82) is 0 Å². The summed E-state index contributed by atoms with van der Waals surface area (Å²) in [6.07, 6.45) is 0.851. The van der Waals surface area contributed by atoms with Crippen molar-refractivity contribution in [2.24, 2.45) is 29.6 Å². The average Bonchev–Trinajstić information content (AvgIpc) is 3.76. The Morgan fingerprint density at radius 1 is 0.884 bits per heavy atom. The predicted molar refractivity (Wildman–Crippen MR) is 166 cm³/mol. The lowest BCUT2D eigenvalue weighted by molar-refractivity contribution is -0.123. The Morgan fingerprint density at radius 3 is 2.26 bits per heavy atom. The fraction of sp³-hybridized carbons (Fsp3) is 0.303. The van der Waals surface area contributed by atoms with Gasteiger partial charge in [-0.25, -0.2) is 0 Å². The van der Waals surface area contributed by atoms with Crippen LogP contribution in [0.15, 0.2) is 82.6 Å². The van der Waals surface area contributed by atoms with Crippen molar-refractivity contribution in [1.82, 2.24) is 4.98 Å². The summed E-state index contributed by atoms with van der Waals surface area (Å²) in [4.78, 5) is 45.8. The minimum atomic E-state index is -0.344. The number of hydrogen-bond acceptors (Lipinski definition) is 7. The van der Waals surface area contributed by atoms with Gasteiger partial charge in [-0.1, -0.05) is 47.2 Å². The van der Waals surface area contributed by atoms with Gasteiger partial charge in [0.2, 0.25) is 11.8 Å². The number of nitrogens with zero attached hydrogens (tertiary/aromatic N) is 1. The number of anilines is 1. The zero-order chi connectivity index (χ0) is 29.4. The highest BCUT2D eigenvalue weighted by atomic mass is 35.5. The number of nitrogens with one attached hydrogen (secondary N) is 1. The first-order valence-electron chi connectivity index (χ1n) is 14.3. The number of carbonyl (C=O) groups is 2. The Bertz CT molecular complexity index is 1790. The molecule has 7 atom stereocenters. The zero-order valence-corrected chi connectivity index (χ0v) is 25.5. The van der Waals surface area contributed by atoms with E-state index in [-0.39, 0.29) is 57.4 Å². The standard InChI is InChI=1S/C33H27ClN2O5S2/c1-40-20-12-8-19(9-13-20)36-31(37)26-22-14-23(27(26)32(36)38)28-25(22)24(29-30(42-28)35-33(39)43-29)17-4-10-21(11-5-17)41-15-16-2-6-18(34)7-3-16/h2-13,22-28H,14-15H2,1H3,(H,35,39)/t22?,23?,24-,25?,26?,27?,28?/m1/s1. The van der Waals surface area contributed by atoms with Crippen LogP contribution in [0.25, 0.3) is 0 Å². The lowest BCUT2D eigenvalue weighted by atomic mass is 9.68. The Morgan fingerprint density at radius 2 is 1.56 bits per heavy atom. The van der Waals surface area contributed by atoms with Crippen LogP contribution in [0, 0.1) is 29.6 Å². The molecule has 6 unspecified atom stereocenters. The number of rotatable bonds is 6. The molecule has 3 heterocycles. The van der Waals surface area contributed by atoms with Crippen molar-refractivity contribution < 1.29 is 19.1 Å². The molecule has 43 heavy (non-hydrogen) atoms. The molecule has 2 aliphatic heterocycles. The molecule has 4 aliphatic rings. The second kappa shape index (κ2) is 10.3. The number of thioether (sulfide) groups is 1. The number of hydrogen-bond donors (Lipinski definition) is 1. The quantitative estimate of drug-likeness (QED) is 0.250. The maximum absolute atomic E-state index is 14.0. The lowest BCUT2D eigenvalue weighted by Crippen LogP contribution is -2.42. The summed E-state index contributed by atoms with van der Waals surface area (Å²) >= 11 is 8.96. The van der Waals surface area contributed by atoms with E-state index in [1.165, 1.54) is 16.2 Å². The molecule has 2 bridgehead atoms. The van der Waals surface area contributed by atoms with Gasteiger partial charge in [0.05, 0.1) is 29.7 Å². The van der Waals surface area contributed by atoms with Crippen molar-refractivity contribution in [2.75, 3.05) is 12.0 Å². The number of thiazole rings is 1. The summed E-state index contributed by atoms with van der Waals surface area (Å²) in [6, 6.07) is 22.8. The minimum absolute atomic E-state index is 0.0376. The largest absolute Gasteiger partial charge is 0.497 e. The Labute approximate surface area is 261 Å². The molecule has 1 saturated heterocycles. The third-order valence-electron chi connectivity index (χ3n) is 9.61. The molecule has 8 rings (SSSR count). The number of H-pyrrole nitrogens is 1. The van der Waals surface area contributed by atoms with Crippen LogP contribution >= 0.6 is 34.7 Å². The highest BCUT2D eigenvalue weighted by molar-refractivity contribution is 8.00. The van der Waals surface area contributed by atoms with E-state index in [1.54, 1.807) is 43.1 Å². The minimum Gasteiger partial charge on any atom is -0.497 e. The average molecular weight is 631 g/mol. The van der Waals surface area contributed by atoms with E-state index in [2.05, 4.69) is 17.1 Å². The van der Waals surface area contributed by atoms with Gasteiger partial charge in [0.15, 0.2) is 0 Å². The van der Waals surface area contributed by atoms with Crippen LogP contribution in [0.5, 0.6) is 11.5 Å². The number of ether oxygens (including phenoxy) is 2. The van der Waals surface area contributed by atoms with E-state index in [0.29, 0.717) is 23.1 Å². The molecular formula is C33H27ClN2O5S2. The van der Waals surface area contributed by atoms with E-state index in [4.69, 9.17) is 21.1 Å². The zero-order valence-electron chi connectivity index (χ0n) is 23.1. The van der Waals surface area contributed by atoms with Gasteiger partial charge in [-0.05, 0) is 83.8 Å². The van der Waals surface area contributed by atoms with Crippen LogP contribution < -0.4 is 19.2 Å². The number of halogens is 1. The SMILES string of the molecule is COc1ccc(N2C(=O)C3C4CC(C3C2=O)C2C4Sc3[nH]c(=O)sc3[C@@H]2c2ccc(OCc3ccc(Cl)cc3)cc2)cc1. The topological polar surface area (TPSA) is 88.7 Å². The highest BCUT2D eigenvalue weighted by Crippen LogP contribution is 2.68. The second-order valence-electron chi connectivity index (χ2n) is 11.7. The van der Waals surface area contributed by atoms with Crippen LogP contribution in [0.2, 0.25) is 5.02 Å². The number of carbonyl (C=O) groups excluding carboxylic acids is 2. The molecular weight excluding hydrogens is 604 g/mol. The molecule has 0 radical (unpaired) electrons. The summed E-state index contributed by atoms with van der Waals surface area (Å²) in [6.45, 7) is 0.429. The number of benzene rings is 3. The number of methoxy groups -OCH3 is 1. The number of imide groups is 1. The Balaban J connectivity index is 1.10. The highest BCUT2D eigenvalue weighted by Gasteiger charge is 2.69. The summed E-state index contributed by atoms with van der Waals surface area (Å²) in [5.41, 5.74) is 2.71. The lowest BCUT2D eigenvalue weighted by Gasteiger charge is -2.43. The Kier molecular flexibility index (Phi) is 6.47. The van der Waals surface area contributed by atoms with E-state index < -0.39 is 0 Å².